The molecular formula is C21H34BNO4. The first-order valence-electron chi connectivity index (χ1n) is 9.77. The predicted molar refractivity (Wildman–Crippen MR) is 109 cm³/mol. The smallest absolute Gasteiger partial charge is 0.444 e. The van der Waals surface area contributed by atoms with Gasteiger partial charge in [0.05, 0.1) is 11.2 Å². The molecule has 2 rings (SSSR count). The Labute approximate surface area is 164 Å². The molecule has 6 heteroatoms. The summed E-state index contributed by atoms with van der Waals surface area (Å²) in [5.41, 5.74) is 0.825. The fourth-order valence-electron chi connectivity index (χ4n) is 2.81. The molecule has 5 nitrogen and oxygen atoms in total. The Balaban J connectivity index is 2.07. The summed E-state index contributed by atoms with van der Waals surface area (Å²) in [5, 5.41) is 0. The molecule has 1 aromatic carbocycles. The van der Waals surface area contributed by atoms with Gasteiger partial charge in [-0.2, -0.15) is 0 Å². The van der Waals surface area contributed by atoms with Gasteiger partial charge in [0.1, 0.15) is 5.60 Å². The number of carbonyl (C=O) groups is 1. The van der Waals surface area contributed by atoms with Gasteiger partial charge in [-0.15, -0.1) is 0 Å². The minimum Gasteiger partial charge on any atom is -0.444 e. The first-order chi connectivity index (χ1) is 12.3. The van der Waals surface area contributed by atoms with Crippen molar-refractivity contribution in [1.29, 1.82) is 0 Å². The zero-order valence-electron chi connectivity index (χ0n) is 18.1. The lowest BCUT2D eigenvalue weighted by atomic mass is 9.79. The molecule has 1 aliphatic heterocycles. The van der Waals surface area contributed by atoms with Crippen LogP contribution in [0.2, 0.25) is 0 Å². The van der Waals surface area contributed by atoms with E-state index in [1.165, 1.54) is 0 Å². The molecule has 0 atom stereocenters. The van der Waals surface area contributed by atoms with Crippen LogP contribution in [0, 0.1) is 0 Å². The number of hydrogen-bond donors (Lipinski definition) is 0. The highest BCUT2D eigenvalue weighted by Crippen LogP contribution is 2.36. The van der Waals surface area contributed by atoms with Crippen molar-refractivity contribution < 1.29 is 18.8 Å². The van der Waals surface area contributed by atoms with Crippen LogP contribution in [-0.4, -0.2) is 41.5 Å². The lowest BCUT2D eigenvalue weighted by Crippen LogP contribution is -2.41. The van der Waals surface area contributed by atoms with Crippen molar-refractivity contribution in [3.8, 4) is 0 Å². The molecule has 0 N–H and O–H groups in total. The topological polar surface area (TPSA) is 48.0 Å². The Morgan fingerprint density at radius 3 is 2.04 bits per heavy atom. The van der Waals surface area contributed by atoms with Crippen molar-refractivity contribution in [3.05, 3.63) is 29.8 Å². The fourth-order valence-corrected chi connectivity index (χ4v) is 2.81. The summed E-state index contributed by atoms with van der Waals surface area (Å²) < 4.78 is 17.7. The van der Waals surface area contributed by atoms with Gasteiger partial charge >= 0.3 is 13.2 Å². The van der Waals surface area contributed by atoms with Crippen LogP contribution in [0.4, 0.5) is 4.79 Å². The van der Waals surface area contributed by atoms with E-state index < -0.39 is 5.60 Å². The SMILES string of the molecule is CCCN(Cc1ccc(B2OC(C)(C)C(C)(C)O2)cc1)C(=O)OC(C)(C)C. The highest BCUT2D eigenvalue weighted by molar-refractivity contribution is 6.62. The molecule has 1 aromatic rings. The third kappa shape index (κ3) is 5.49. The van der Waals surface area contributed by atoms with Crippen LogP contribution in [0.5, 0.6) is 0 Å². The Hall–Kier alpha value is -1.53. The van der Waals surface area contributed by atoms with Gasteiger partial charge in [-0.25, -0.2) is 4.79 Å². The van der Waals surface area contributed by atoms with E-state index in [1.54, 1.807) is 4.90 Å². The quantitative estimate of drug-likeness (QED) is 0.726. The van der Waals surface area contributed by atoms with Crippen molar-refractivity contribution in [1.82, 2.24) is 4.90 Å². The molecule has 0 radical (unpaired) electrons. The third-order valence-electron chi connectivity index (χ3n) is 5.02. The lowest BCUT2D eigenvalue weighted by Gasteiger charge is -2.32. The molecule has 1 saturated heterocycles. The Kier molecular flexibility index (Phi) is 6.32. The van der Waals surface area contributed by atoms with Crippen molar-refractivity contribution in [2.75, 3.05) is 6.54 Å². The Bertz CT molecular complexity index is 633. The maximum absolute atomic E-state index is 12.4. The highest BCUT2D eigenvalue weighted by atomic mass is 16.7. The number of amides is 1. The fraction of sp³-hybridized carbons (Fsp3) is 0.667. The molecule has 0 aliphatic carbocycles. The van der Waals surface area contributed by atoms with Crippen LogP contribution in [0.3, 0.4) is 0 Å². The van der Waals surface area contributed by atoms with Gasteiger partial charge in [0.25, 0.3) is 0 Å². The summed E-state index contributed by atoms with van der Waals surface area (Å²) in [5.74, 6) is 0. The second kappa shape index (κ2) is 7.84. The average Bonchev–Trinajstić information content (AvgIpc) is 2.74. The summed E-state index contributed by atoms with van der Waals surface area (Å²) in [6.07, 6.45) is 0.602. The van der Waals surface area contributed by atoms with Crippen LogP contribution < -0.4 is 5.46 Å². The first kappa shape index (κ1) is 21.8. The number of nitrogens with zero attached hydrogens (tertiary/aromatic N) is 1. The zero-order chi connectivity index (χ0) is 20.5. The van der Waals surface area contributed by atoms with E-state index in [1.807, 2.05) is 72.7 Å². The summed E-state index contributed by atoms with van der Waals surface area (Å²) in [6, 6.07) is 8.06. The van der Waals surface area contributed by atoms with E-state index in [0.717, 1.165) is 17.4 Å². The van der Waals surface area contributed by atoms with E-state index in [2.05, 4.69) is 6.92 Å². The highest BCUT2D eigenvalue weighted by Gasteiger charge is 2.51. The van der Waals surface area contributed by atoms with Gasteiger partial charge < -0.3 is 18.9 Å². The molecule has 1 fully saturated rings. The first-order valence-corrected chi connectivity index (χ1v) is 9.77. The Morgan fingerprint density at radius 2 is 1.59 bits per heavy atom. The molecule has 1 aliphatic rings. The van der Waals surface area contributed by atoms with Crippen molar-refractivity contribution in [2.24, 2.45) is 0 Å². The molecule has 0 aromatic heterocycles. The van der Waals surface area contributed by atoms with Crippen molar-refractivity contribution in [2.45, 2.75) is 85.2 Å². The number of carbonyl (C=O) groups excluding carboxylic acids is 1. The predicted octanol–water partition coefficient (Wildman–Crippen LogP) is 4.13. The van der Waals surface area contributed by atoms with Crippen LogP contribution in [-0.2, 0) is 20.6 Å². The third-order valence-corrected chi connectivity index (χ3v) is 5.02. The van der Waals surface area contributed by atoms with E-state index in [-0.39, 0.29) is 24.4 Å². The standard InChI is InChI=1S/C21H34BNO4/c1-9-14-23(18(24)25-19(2,3)4)15-16-10-12-17(13-11-16)22-26-20(5,6)21(7,8)27-22/h10-13H,9,14-15H2,1-8H3. The summed E-state index contributed by atoms with van der Waals surface area (Å²) in [4.78, 5) is 14.2. The minimum atomic E-state index is -0.496. The van der Waals surface area contributed by atoms with Gasteiger partial charge in [0.15, 0.2) is 0 Å². The van der Waals surface area contributed by atoms with Gasteiger partial charge in [-0.05, 0) is 65.9 Å². The van der Waals surface area contributed by atoms with Crippen LogP contribution >= 0.6 is 0 Å². The normalized spacial score (nSPS) is 18.4. The van der Waals surface area contributed by atoms with Gasteiger partial charge in [0, 0.05) is 13.1 Å². The number of benzene rings is 1. The summed E-state index contributed by atoms with van der Waals surface area (Å²) in [6.45, 7) is 17.1. The number of ether oxygens (including phenoxy) is 1. The summed E-state index contributed by atoms with van der Waals surface area (Å²) >= 11 is 0. The maximum Gasteiger partial charge on any atom is 0.494 e. The van der Waals surface area contributed by atoms with E-state index >= 15 is 0 Å². The zero-order valence-corrected chi connectivity index (χ0v) is 18.1. The van der Waals surface area contributed by atoms with Crippen LogP contribution in [0.15, 0.2) is 24.3 Å². The monoisotopic (exact) mass is 375 g/mol. The average molecular weight is 375 g/mol. The largest absolute Gasteiger partial charge is 0.494 e. The van der Waals surface area contributed by atoms with E-state index in [9.17, 15) is 4.79 Å². The number of hydrogen-bond acceptors (Lipinski definition) is 4. The molecule has 150 valence electrons. The molecule has 1 amide bonds. The molecule has 0 unspecified atom stereocenters. The van der Waals surface area contributed by atoms with Gasteiger partial charge in [0.2, 0.25) is 0 Å². The van der Waals surface area contributed by atoms with Gasteiger partial charge in [-0.1, -0.05) is 31.2 Å². The molecular weight excluding hydrogens is 341 g/mol. The molecule has 27 heavy (non-hydrogen) atoms. The number of rotatable bonds is 5. The summed E-state index contributed by atoms with van der Waals surface area (Å²) in [7, 11) is -0.373. The molecule has 0 bridgehead atoms. The lowest BCUT2D eigenvalue weighted by molar-refractivity contribution is 0.00578. The molecule has 1 heterocycles. The Morgan fingerprint density at radius 1 is 1.07 bits per heavy atom. The van der Waals surface area contributed by atoms with Crippen molar-refractivity contribution >= 4 is 18.7 Å². The molecule has 0 spiro atoms. The van der Waals surface area contributed by atoms with Crippen LogP contribution in [0.1, 0.15) is 67.4 Å². The minimum absolute atomic E-state index is 0.278. The second-order valence-corrected chi connectivity index (χ2v) is 9.23. The van der Waals surface area contributed by atoms with Gasteiger partial charge in [-0.3, -0.25) is 0 Å². The van der Waals surface area contributed by atoms with E-state index in [4.69, 9.17) is 14.0 Å². The van der Waals surface area contributed by atoms with Crippen LogP contribution in [0.25, 0.3) is 0 Å². The molecule has 0 saturated carbocycles. The second-order valence-electron chi connectivity index (χ2n) is 9.23. The van der Waals surface area contributed by atoms with E-state index in [0.29, 0.717) is 13.1 Å². The maximum atomic E-state index is 12.4. The van der Waals surface area contributed by atoms with Crippen molar-refractivity contribution in [3.63, 3.8) is 0 Å².